The van der Waals surface area contributed by atoms with Crippen LogP contribution in [0.15, 0.2) is 18.5 Å². The molecule has 0 aliphatic carbocycles. The van der Waals surface area contributed by atoms with Gasteiger partial charge in [0, 0.05) is 39.9 Å². The van der Waals surface area contributed by atoms with E-state index in [0.717, 1.165) is 12.8 Å². The number of hydrogen-bond donors (Lipinski definition) is 2. The Morgan fingerprint density at radius 2 is 2.26 bits per heavy atom. The van der Waals surface area contributed by atoms with Crippen LogP contribution in [0, 0.1) is 0 Å². The second kappa shape index (κ2) is 7.41. The Hall–Kier alpha value is -2.15. The summed E-state index contributed by atoms with van der Waals surface area (Å²) in [5.74, 6) is -0.262. The van der Waals surface area contributed by atoms with Crippen molar-refractivity contribution in [3.8, 4) is 5.75 Å². The minimum absolute atomic E-state index is 0.0366. The highest BCUT2D eigenvalue weighted by atomic mass is 16.5. The first-order chi connectivity index (χ1) is 11.0. The zero-order chi connectivity index (χ0) is 16.9. The molecule has 0 unspecified atom stereocenters. The molecule has 1 aromatic heterocycles. The van der Waals surface area contributed by atoms with Crippen LogP contribution in [0.5, 0.6) is 5.75 Å². The van der Waals surface area contributed by atoms with Crippen molar-refractivity contribution in [1.29, 1.82) is 0 Å². The van der Waals surface area contributed by atoms with Crippen LogP contribution in [0.3, 0.4) is 0 Å². The van der Waals surface area contributed by atoms with Gasteiger partial charge in [-0.3, -0.25) is 14.6 Å². The summed E-state index contributed by atoms with van der Waals surface area (Å²) >= 11 is 0. The lowest BCUT2D eigenvalue weighted by Gasteiger charge is -2.42. The maximum Gasteiger partial charge on any atom is 0.255 e. The molecule has 0 radical (unpaired) electrons. The molecular formula is C16H23N3O4. The van der Waals surface area contributed by atoms with Crippen molar-refractivity contribution >= 4 is 11.8 Å². The molecule has 0 bridgehead atoms. The summed E-state index contributed by atoms with van der Waals surface area (Å²) in [6, 6.07) is 1.41. The normalized spacial score (nSPS) is 21.0. The third-order valence-corrected chi connectivity index (χ3v) is 4.32. The summed E-state index contributed by atoms with van der Waals surface area (Å²) < 4.78 is 5.67. The average Bonchev–Trinajstić information content (AvgIpc) is 2.59. The topological polar surface area (TPSA) is 91.8 Å². The van der Waals surface area contributed by atoms with Crippen LogP contribution in [0.4, 0.5) is 0 Å². The molecule has 1 aromatic rings. The van der Waals surface area contributed by atoms with Crippen molar-refractivity contribution < 1.29 is 19.4 Å². The van der Waals surface area contributed by atoms with Crippen molar-refractivity contribution in [3.05, 3.63) is 24.0 Å². The molecule has 126 valence electrons. The monoisotopic (exact) mass is 321 g/mol. The number of rotatable bonds is 5. The van der Waals surface area contributed by atoms with E-state index >= 15 is 0 Å². The van der Waals surface area contributed by atoms with E-state index < -0.39 is 5.60 Å². The molecule has 2 N–H and O–H groups in total. The Bertz CT molecular complexity index is 578. The van der Waals surface area contributed by atoms with Gasteiger partial charge in [0.1, 0.15) is 5.75 Å². The molecule has 1 fully saturated rings. The van der Waals surface area contributed by atoms with Crippen molar-refractivity contribution in [3.63, 3.8) is 0 Å². The fourth-order valence-corrected chi connectivity index (χ4v) is 2.94. The van der Waals surface area contributed by atoms with Gasteiger partial charge in [0.05, 0.1) is 17.4 Å². The third-order valence-electron chi connectivity index (χ3n) is 4.32. The van der Waals surface area contributed by atoms with E-state index in [2.05, 4.69) is 10.3 Å². The van der Waals surface area contributed by atoms with Crippen molar-refractivity contribution in [1.82, 2.24) is 15.2 Å². The number of nitrogens with zero attached hydrogens (tertiary/aromatic N) is 2. The molecule has 7 heteroatoms. The lowest BCUT2D eigenvalue weighted by molar-refractivity contribution is -0.123. The largest absolute Gasteiger partial charge is 0.506 e. The minimum Gasteiger partial charge on any atom is -0.506 e. The van der Waals surface area contributed by atoms with E-state index in [1.807, 2.05) is 0 Å². The van der Waals surface area contributed by atoms with E-state index in [4.69, 9.17) is 4.74 Å². The summed E-state index contributed by atoms with van der Waals surface area (Å²) in [7, 11) is 3.22. The van der Waals surface area contributed by atoms with Gasteiger partial charge in [-0.1, -0.05) is 0 Å². The van der Waals surface area contributed by atoms with Crippen LogP contribution in [0.25, 0.3) is 0 Å². The highest BCUT2D eigenvalue weighted by molar-refractivity contribution is 5.94. The van der Waals surface area contributed by atoms with Crippen LogP contribution in [0.2, 0.25) is 0 Å². The molecule has 1 saturated heterocycles. The fraction of sp³-hybridized carbons (Fsp3) is 0.562. The van der Waals surface area contributed by atoms with Gasteiger partial charge < -0.3 is 20.1 Å². The Morgan fingerprint density at radius 1 is 1.48 bits per heavy atom. The number of aromatic hydroxyl groups is 1. The van der Waals surface area contributed by atoms with Crippen molar-refractivity contribution in [2.45, 2.75) is 31.3 Å². The lowest BCUT2D eigenvalue weighted by atomic mass is 9.87. The minimum atomic E-state index is -0.509. The lowest BCUT2D eigenvalue weighted by Crippen LogP contribution is -2.51. The molecule has 0 aromatic carbocycles. The number of carbonyl (C=O) groups excluding carboxylic acids is 2. The maximum absolute atomic E-state index is 12.6. The zero-order valence-corrected chi connectivity index (χ0v) is 13.5. The average molecular weight is 321 g/mol. The highest BCUT2D eigenvalue weighted by Crippen LogP contribution is 2.30. The van der Waals surface area contributed by atoms with Gasteiger partial charge in [-0.2, -0.15) is 0 Å². The number of amides is 2. The summed E-state index contributed by atoms with van der Waals surface area (Å²) in [6.07, 6.45) is 5.26. The smallest absolute Gasteiger partial charge is 0.255 e. The number of aromatic nitrogens is 1. The second-order valence-electron chi connectivity index (χ2n) is 5.82. The summed E-state index contributed by atoms with van der Waals surface area (Å²) in [6.45, 7) is 1.05. The number of nitrogens with one attached hydrogen (secondary N) is 1. The SMILES string of the molecule is CNC(=O)CC[C@]1(OC)CCCN(C(=O)c2cncc(O)c2)C1. The first kappa shape index (κ1) is 17.2. The van der Waals surface area contributed by atoms with Gasteiger partial charge in [-0.05, 0) is 25.3 Å². The molecule has 23 heavy (non-hydrogen) atoms. The standard InChI is InChI=1S/C16H23N3O4/c1-17-14(21)4-6-16(23-2)5-3-7-19(11-16)15(22)12-8-13(20)10-18-9-12/h8-10,20H,3-7,11H2,1-2H3,(H,17,21)/t16-/m1/s1. The van der Waals surface area contributed by atoms with Gasteiger partial charge in [-0.15, -0.1) is 0 Å². The molecule has 1 aliphatic rings. The second-order valence-corrected chi connectivity index (χ2v) is 5.82. The number of hydrogen-bond acceptors (Lipinski definition) is 5. The number of pyridine rings is 1. The van der Waals surface area contributed by atoms with Crippen LogP contribution < -0.4 is 5.32 Å². The van der Waals surface area contributed by atoms with Crippen LogP contribution in [0.1, 0.15) is 36.0 Å². The molecule has 0 spiro atoms. The fourth-order valence-electron chi connectivity index (χ4n) is 2.94. The zero-order valence-electron chi connectivity index (χ0n) is 13.5. The first-order valence-corrected chi connectivity index (χ1v) is 7.69. The summed E-state index contributed by atoms with van der Waals surface area (Å²) in [4.78, 5) is 29.6. The number of likely N-dealkylation sites (tertiary alicyclic amines) is 1. The molecule has 2 heterocycles. The van der Waals surface area contributed by atoms with E-state index in [9.17, 15) is 14.7 Å². The van der Waals surface area contributed by atoms with E-state index in [-0.39, 0.29) is 17.6 Å². The number of ether oxygens (including phenoxy) is 1. The van der Waals surface area contributed by atoms with Crippen LogP contribution in [-0.4, -0.2) is 59.7 Å². The maximum atomic E-state index is 12.6. The number of piperidine rings is 1. The molecule has 7 nitrogen and oxygen atoms in total. The van der Waals surface area contributed by atoms with Gasteiger partial charge in [0.25, 0.3) is 5.91 Å². The van der Waals surface area contributed by atoms with Crippen molar-refractivity contribution in [2.75, 3.05) is 27.2 Å². The molecular weight excluding hydrogens is 298 g/mol. The summed E-state index contributed by atoms with van der Waals surface area (Å²) in [5.41, 5.74) is -0.159. The first-order valence-electron chi connectivity index (χ1n) is 7.69. The number of carbonyl (C=O) groups is 2. The van der Waals surface area contributed by atoms with E-state index in [1.165, 1.54) is 18.5 Å². The predicted octanol–water partition coefficient (Wildman–Crippen LogP) is 0.935. The van der Waals surface area contributed by atoms with Crippen LogP contribution >= 0.6 is 0 Å². The molecule has 0 saturated carbocycles. The quantitative estimate of drug-likeness (QED) is 0.842. The predicted molar refractivity (Wildman–Crippen MR) is 84.1 cm³/mol. The highest BCUT2D eigenvalue weighted by Gasteiger charge is 2.37. The Morgan fingerprint density at radius 3 is 2.91 bits per heavy atom. The van der Waals surface area contributed by atoms with Gasteiger partial charge in [0.2, 0.25) is 5.91 Å². The van der Waals surface area contributed by atoms with Crippen molar-refractivity contribution in [2.24, 2.45) is 0 Å². The van der Waals surface area contributed by atoms with Gasteiger partial charge in [-0.25, -0.2) is 0 Å². The Balaban J connectivity index is 2.09. The number of methoxy groups -OCH3 is 1. The van der Waals surface area contributed by atoms with Gasteiger partial charge >= 0.3 is 0 Å². The Kier molecular flexibility index (Phi) is 5.54. The Labute approximate surface area is 135 Å². The van der Waals surface area contributed by atoms with Crippen LogP contribution in [-0.2, 0) is 9.53 Å². The molecule has 1 aliphatic heterocycles. The molecule has 1 atom stereocenters. The third kappa shape index (κ3) is 4.19. The van der Waals surface area contributed by atoms with E-state index in [1.54, 1.807) is 19.1 Å². The van der Waals surface area contributed by atoms with Gasteiger partial charge in [0.15, 0.2) is 0 Å². The molecule has 2 rings (SSSR count). The molecule has 2 amide bonds. The summed E-state index contributed by atoms with van der Waals surface area (Å²) in [5, 5.41) is 12.1. The van der Waals surface area contributed by atoms with E-state index in [0.29, 0.717) is 31.5 Å².